The van der Waals surface area contributed by atoms with E-state index in [1.54, 1.807) is 0 Å². The first-order valence-corrected chi connectivity index (χ1v) is 48.9. The van der Waals surface area contributed by atoms with Crippen LogP contribution in [0.3, 0.4) is 0 Å². The normalized spacial score (nSPS) is 12.1. The Kier molecular flexibility index (Phi) is 20.4. The van der Waals surface area contributed by atoms with Crippen molar-refractivity contribution >= 4 is 128 Å². The molecule has 0 bridgehead atoms. The van der Waals surface area contributed by atoms with Gasteiger partial charge in [0.1, 0.15) is 0 Å². The van der Waals surface area contributed by atoms with E-state index >= 15 is 0 Å². The number of fused-ring (bicyclic) bond motifs is 18. The van der Waals surface area contributed by atoms with E-state index in [0.29, 0.717) is 29.4 Å². The molecule has 8 heterocycles. The van der Waals surface area contributed by atoms with Crippen LogP contribution in [0, 0.1) is 0 Å². The first kappa shape index (κ1) is 82.8. The predicted octanol–water partition coefficient (Wildman–Crippen LogP) is 33.8. The number of para-hydroxylation sites is 1. The number of thiophene rings is 2. The summed E-state index contributed by atoms with van der Waals surface area (Å²) >= 11 is 3.74. The molecule has 0 N–H and O–H groups in total. The van der Waals surface area contributed by atoms with E-state index in [0.717, 1.165) is 72.5 Å². The first-order valence-electron chi connectivity index (χ1n) is 47.3. The average molecular weight is 1830 g/mol. The fraction of sp³-hybridized carbons (Fsp3) is 0.0234. The molecule has 140 heavy (non-hydrogen) atoms. The van der Waals surface area contributed by atoms with Crippen molar-refractivity contribution in [3.05, 3.63) is 485 Å². The smallest absolute Gasteiger partial charge is 0.235 e. The maximum Gasteiger partial charge on any atom is 0.235 e. The number of hydrogen-bond donors (Lipinski definition) is 0. The zero-order valence-corrected chi connectivity index (χ0v) is 78.0. The quantitative estimate of drug-likeness (QED) is 0.113. The highest BCUT2D eigenvalue weighted by Crippen LogP contribution is 2.53. The standard InChI is InChI=1S/C48H34N4.2C40H25N3S/c1-48(2)41-24-13-12-23-37(41)38-29-40-39-28-34(31-15-6-3-7-16-31)25-26-43(39)52(44(40)30-42(38)48)36-22-14-21-35(27-36)47-50-45(32-17-8-4-9-18-32)49-46(51-47)33-19-10-5-11-20-33;1-3-10-26(11-4-1)28-18-20-36-33(24-28)34-25-29(30-15-9-16-32-31-14-7-8-17-38(31)44-39(30)32)19-21-37(34)43(36)40-41-23-22-35(42-40)27-12-5-2-6-13-27;1-2-9-26(10-3-1)27-17-19-28(20-18-27)35-23-24-41-40(42-35)43-36-15-6-4-11-31(36)34-25-29(21-22-37(34)43)30-13-8-14-33-32-12-5-7-16-38(32)44-39(30)33/h3-30H,1-2H3;2*1-25H. The highest BCUT2D eigenvalue weighted by atomic mass is 32.1. The van der Waals surface area contributed by atoms with Crippen LogP contribution in [0.2, 0.25) is 0 Å². The van der Waals surface area contributed by atoms with Gasteiger partial charge >= 0.3 is 0 Å². The van der Waals surface area contributed by atoms with Gasteiger partial charge in [-0.25, -0.2) is 34.9 Å². The zero-order chi connectivity index (χ0) is 92.9. The number of hydrogen-bond acceptors (Lipinski definition) is 9. The Morgan fingerprint density at radius 1 is 0.200 bits per heavy atom. The third-order valence-electron chi connectivity index (χ3n) is 27.7. The lowest BCUT2D eigenvalue weighted by Crippen LogP contribution is -2.14. The Labute approximate surface area is 815 Å². The van der Waals surface area contributed by atoms with E-state index in [1.165, 1.54) is 156 Å². The molecule has 28 rings (SSSR count). The minimum absolute atomic E-state index is 0.120. The van der Waals surface area contributed by atoms with E-state index in [1.807, 2.05) is 132 Å². The van der Waals surface area contributed by atoms with E-state index in [4.69, 9.17) is 34.9 Å². The van der Waals surface area contributed by atoms with Gasteiger partial charge in [-0.3, -0.25) is 9.13 Å². The average Bonchev–Trinajstić information content (AvgIpc) is 1.55. The third kappa shape index (κ3) is 14.6. The fourth-order valence-corrected chi connectivity index (χ4v) is 23.3. The van der Waals surface area contributed by atoms with Crippen LogP contribution in [0.15, 0.2) is 473 Å². The van der Waals surface area contributed by atoms with Gasteiger partial charge in [0.15, 0.2) is 17.5 Å². The number of benzene rings is 19. The van der Waals surface area contributed by atoms with E-state index < -0.39 is 0 Å². The lowest BCUT2D eigenvalue weighted by molar-refractivity contribution is 0.661. The summed E-state index contributed by atoms with van der Waals surface area (Å²) < 4.78 is 12.1. The van der Waals surface area contributed by atoms with Crippen LogP contribution in [0.1, 0.15) is 25.0 Å². The molecule has 0 radical (unpaired) electrons. The summed E-state index contributed by atoms with van der Waals surface area (Å²) in [6.07, 6.45) is 3.72. The van der Waals surface area contributed by atoms with Crippen molar-refractivity contribution in [3.8, 4) is 141 Å². The van der Waals surface area contributed by atoms with Crippen LogP contribution >= 0.6 is 22.7 Å². The Balaban J connectivity index is 0.000000109. The van der Waals surface area contributed by atoms with Crippen molar-refractivity contribution in [1.82, 2.24) is 48.6 Å². The van der Waals surface area contributed by atoms with Gasteiger partial charge in [0.25, 0.3) is 0 Å². The summed E-state index contributed by atoms with van der Waals surface area (Å²) in [6, 6.07) is 164. The minimum atomic E-state index is -0.120. The van der Waals surface area contributed by atoms with Gasteiger partial charge in [0.05, 0.1) is 44.5 Å². The summed E-state index contributed by atoms with van der Waals surface area (Å²) in [6.45, 7) is 4.69. The summed E-state index contributed by atoms with van der Waals surface area (Å²) in [5.74, 6) is 3.27. The number of rotatable bonds is 13. The Hall–Kier alpha value is -17.8. The molecule has 0 atom stereocenters. The Morgan fingerprint density at radius 2 is 0.543 bits per heavy atom. The predicted molar refractivity (Wildman–Crippen MR) is 585 cm³/mol. The Bertz CT molecular complexity index is 9460. The van der Waals surface area contributed by atoms with Crippen molar-refractivity contribution in [2.45, 2.75) is 19.3 Å². The molecular formula is C128H84N10S2. The maximum absolute atomic E-state index is 5.09. The second-order valence-corrected chi connectivity index (χ2v) is 38.3. The molecule has 0 amide bonds. The molecule has 0 fully saturated rings. The molecule has 0 aliphatic heterocycles. The molecule has 0 saturated carbocycles. The van der Waals surface area contributed by atoms with Gasteiger partial charge in [-0.05, 0) is 181 Å². The van der Waals surface area contributed by atoms with Crippen LogP contribution in [0.5, 0.6) is 0 Å². The van der Waals surface area contributed by atoms with Crippen molar-refractivity contribution in [1.29, 1.82) is 0 Å². The molecule has 12 heteroatoms. The van der Waals surface area contributed by atoms with E-state index in [2.05, 4.69) is 392 Å². The van der Waals surface area contributed by atoms with Crippen molar-refractivity contribution in [2.75, 3.05) is 0 Å². The lowest BCUT2D eigenvalue weighted by atomic mass is 9.82. The highest BCUT2D eigenvalue weighted by Gasteiger charge is 2.37. The second-order valence-electron chi connectivity index (χ2n) is 36.2. The molecule has 27 aromatic rings. The third-order valence-corrected chi connectivity index (χ3v) is 30.1. The van der Waals surface area contributed by atoms with Crippen LogP contribution in [-0.2, 0) is 5.41 Å². The molecule has 8 aromatic heterocycles. The lowest BCUT2D eigenvalue weighted by Gasteiger charge is -2.21. The van der Waals surface area contributed by atoms with Crippen LogP contribution in [0.4, 0.5) is 0 Å². The molecule has 1 aliphatic carbocycles. The molecule has 0 unspecified atom stereocenters. The zero-order valence-electron chi connectivity index (χ0n) is 76.3. The minimum Gasteiger partial charge on any atom is -0.309 e. The summed E-state index contributed by atoms with van der Waals surface area (Å²) in [5.41, 5.74) is 31.9. The first-order chi connectivity index (χ1) is 69.2. The topological polar surface area (TPSA) is 105 Å². The summed E-state index contributed by atoms with van der Waals surface area (Å²) in [7, 11) is 0. The number of nitrogens with zero attached hydrogens (tertiary/aromatic N) is 10. The molecule has 19 aromatic carbocycles. The molecule has 0 spiro atoms. The van der Waals surface area contributed by atoms with E-state index in [-0.39, 0.29) is 5.41 Å². The summed E-state index contributed by atoms with van der Waals surface area (Å²) in [5, 5.41) is 12.5. The van der Waals surface area contributed by atoms with Crippen LogP contribution in [-0.4, -0.2) is 48.6 Å². The molecule has 1 aliphatic rings. The molecule has 0 saturated heterocycles. The second kappa shape index (κ2) is 34.5. The summed E-state index contributed by atoms with van der Waals surface area (Å²) in [4.78, 5) is 34.7. The van der Waals surface area contributed by atoms with Crippen LogP contribution < -0.4 is 0 Å². The van der Waals surface area contributed by atoms with Gasteiger partial charge < -0.3 is 4.57 Å². The van der Waals surface area contributed by atoms with Crippen LogP contribution in [0.25, 0.3) is 247 Å². The molecule has 658 valence electrons. The van der Waals surface area contributed by atoms with Gasteiger partial charge in [-0.1, -0.05) is 372 Å². The Morgan fingerprint density at radius 3 is 1.06 bits per heavy atom. The van der Waals surface area contributed by atoms with Gasteiger partial charge in [0, 0.05) is 124 Å². The molecule has 10 nitrogen and oxygen atoms in total. The van der Waals surface area contributed by atoms with Gasteiger partial charge in [-0.15, -0.1) is 22.7 Å². The van der Waals surface area contributed by atoms with E-state index in [9.17, 15) is 0 Å². The van der Waals surface area contributed by atoms with Gasteiger partial charge in [-0.2, -0.15) is 0 Å². The monoisotopic (exact) mass is 1820 g/mol. The van der Waals surface area contributed by atoms with Crippen molar-refractivity contribution in [3.63, 3.8) is 0 Å². The fourth-order valence-electron chi connectivity index (χ4n) is 20.9. The largest absolute Gasteiger partial charge is 0.309 e. The molecular weight excluding hydrogens is 1740 g/mol. The van der Waals surface area contributed by atoms with Crippen molar-refractivity contribution < 1.29 is 0 Å². The number of aromatic nitrogens is 10. The van der Waals surface area contributed by atoms with Crippen molar-refractivity contribution in [2.24, 2.45) is 0 Å². The SMILES string of the molecule is CC1(C)c2ccccc2-c2cc3c4cc(-c5ccccc5)ccc4n(-c4cccc(-c5nc(-c6ccccc6)nc(-c6ccccc6)n5)c4)c3cc21.c1ccc(-c2ccc(-c3ccnc(-n4c5ccccc5c5cc(-c6cccc7c6sc6ccccc67)ccc54)n3)cc2)cc1.c1ccc(-c2ccc3c(c2)c2cc(-c4cccc5c4sc4ccccc45)ccc2n3-c2nccc(-c3ccccc3)n2)cc1. The highest BCUT2D eigenvalue weighted by molar-refractivity contribution is 7.26. The maximum atomic E-state index is 5.09. The van der Waals surface area contributed by atoms with Gasteiger partial charge in [0.2, 0.25) is 11.9 Å².